The lowest BCUT2D eigenvalue weighted by Crippen LogP contribution is -2.31. The zero-order chi connectivity index (χ0) is 25.0. The van der Waals surface area contributed by atoms with E-state index in [1.54, 1.807) is 37.7 Å². The number of aromatic nitrogens is 1. The number of carbonyl (C=O) groups is 2. The van der Waals surface area contributed by atoms with Gasteiger partial charge in [-0.15, -0.1) is 0 Å². The summed E-state index contributed by atoms with van der Waals surface area (Å²) in [5, 5.41) is 11.4. The molecule has 1 aliphatic rings. The fraction of sp³-hybridized carbons (Fsp3) is 0.444. The van der Waals surface area contributed by atoms with E-state index in [-0.39, 0.29) is 22.9 Å². The fourth-order valence-corrected chi connectivity index (χ4v) is 4.15. The van der Waals surface area contributed by atoms with Gasteiger partial charge >= 0.3 is 0 Å². The van der Waals surface area contributed by atoms with E-state index < -0.39 is 17.7 Å². The number of rotatable bonds is 8. The molecule has 7 nitrogen and oxygen atoms in total. The number of amides is 1. The zero-order valence-electron chi connectivity index (χ0n) is 20.8. The van der Waals surface area contributed by atoms with Crippen molar-refractivity contribution in [2.75, 3.05) is 20.3 Å². The van der Waals surface area contributed by atoms with Gasteiger partial charge in [0.1, 0.15) is 11.5 Å². The van der Waals surface area contributed by atoms with Crippen molar-refractivity contribution in [3.8, 4) is 5.75 Å². The molecule has 1 aromatic carbocycles. The topological polar surface area (TPSA) is 89.0 Å². The number of aliphatic hydroxyl groups excluding tert-OH is 1. The van der Waals surface area contributed by atoms with Gasteiger partial charge in [-0.1, -0.05) is 26.8 Å². The van der Waals surface area contributed by atoms with Crippen LogP contribution in [0.15, 0.2) is 48.3 Å². The fourth-order valence-electron chi connectivity index (χ4n) is 4.15. The largest absolute Gasteiger partial charge is 0.507 e. The van der Waals surface area contributed by atoms with Gasteiger partial charge in [0.05, 0.1) is 24.8 Å². The normalized spacial score (nSPS) is 18.1. The van der Waals surface area contributed by atoms with Crippen LogP contribution >= 0.6 is 0 Å². The van der Waals surface area contributed by atoms with E-state index in [4.69, 9.17) is 9.47 Å². The Labute approximate surface area is 201 Å². The Morgan fingerprint density at radius 3 is 2.53 bits per heavy atom. The monoisotopic (exact) mass is 466 g/mol. The lowest BCUT2D eigenvalue weighted by Gasteiger charge is -2.26. The molecule has 1 N–H and O–H groups in total. The molecule has 182 valence electrons. The second-order valence-electron chi connectivity index (χ2n) is 9.72. The first-order valence-corrected chi connectivity index (χ1v) is 11.5. The minimum Gasteiger partial charge on any atom is -0.507 e. The van der Waals surface area contributed by atoms with Gasteiger partial charge in [-0.05, 0) is 55.5 Å². The molecule has 0 bridgehead atoms. The van der Waals surface area contributed by atoms with Crippen molar-refractivity contribution in [1.82, 2.24) is 9.88 Å². The predicted molar refractivity (Wildman–Crippen MR) is 131 cm³/mol. The molecule has 0 aliphatic carbocycles. The third kappa shape index (κ3) is 5.30. The molecule has 3 rings (SSSR count). The van der Waals surface area contributed by atoms with Crippen molar-refractivity contribution in [2.45, 2.75) is 58.6 Å². The average Bonchev–Trinajstić information content (AvgIpc) is 3.05. The SMILES string of the molecule is COc1ccc(/C(O)=C2/C(=O)C(=O)N(CCCOC(C)C)C2c2cccnc2)cc1C(C)(C)C. The van der Waals surface area contributed by atoms with Gasteiger partial charge in [0.25, 0.3) is 11.7 Å². The predicted octanol–water partition coefficient (Wildman–Crippen LogP) is 4.62. The third-order valence-corrected chi connectivity index (χ3v) is 5.82. The third-order valence-electron chi connectivity index (χ3n) is 5.82. The van der Waals surface area contributed by atoms with Crippen LogP contribution in [0.5, 0.6) is 5.75 Å². The molecule has 0 spiro atoms. The van der Waals surface area contributed by atoms with Crippen molar-refractivity contribution in [3.05, 3.63) is 65.0 Å². The van der Waals surface area contributed by atoms with Crippen LogP contribution in [0.1, 0.15) is 63.8 Å². The first-order valence-electron chi connectivity index (χ1n) is 11.5. The van der Waals surface area contributed by atoms with E-state index in [1.807, 2.05) is 46.8 Å². The van der Waals surface area contributed by atoms with E-state index in [0.29, 0.717) is 36.4 Å². The van der Waals surface area contributed by atoms with Crippen LogP contribution in [-0.2, 0) is 19.7 Å². The van der Waals surface area contributed by atoms with Crippen LogP contribution in [0.4, 0.5) is 0 Å². The van der Waals surface area contributed by atoms with E-state index in [0.717, 1.165) is 5.56 Å². The maximum Gasteiger partial charge on any atom is 0.295 e. The standard InChI is InChI=1S/C27H34N2O5/c1-17(2)34-14-8-13-29-23(19-9-7-12-28-16-19)22(25(31)26(29)32)24(30)18-10-11-21(33-6)20(15-18)27(3,4)5/h7,9-12,15-17,23,30H,8,13-14H2,1-6H3/b24-22-. The van der Waals surface area contributed by atoms with Crippen molar-refractivity contribution in [1.29, 1.82) is 0 Å². The second-order valence-corrected chi connectivity index (χ2v) is 9.72. The van der Waals surface area contributed by atoms with Gasteiger partial charge in [0, 0.05) is 36.7 Å². The van der Waals surface area contributed by atoms with Crippen LogP contribution in [0.2, 0.25) is 0 Å². The number of carbonyl (C=O) groups excluding carboxylic acids is 2. The van der Waals surface area contributed by atoms with Crippen LogP contribution in [0.3, 0.4) is 0 Å². The van der Waals surface area contributed by atoms with Crippen LogP contribution < -0.4 is 4.74 Å². The molecule has 1 unspecified atom stereocenters. The first-order chi connectivity index (χ1) is 16.1. The summed E-state index contributed by atoms with van der Waals surface area (Å²) in [6.45, 7) is 10.8. The summed E-state index contributed by atoms with van der Waals surface area (Å²) in [6.07, 6.45) is 3.90. The summed E-state index contributed by atoms with van der Waals surface area (Å²) in [4.78, 5) is 31.9. The highest BCUT2D eigenvalue weighted by molar-refractivity contribution is 6.46. The Balaban J connectivity index is 2.09. The lowest BCUT2D eigenvalue weighted by atomic mass is 9.84. The van der Waals surface area contributed by atoms with E-state index in [2.05, 4.69) is 4.98 Å². The quantitative estimate of drug-likeness (QED) is 0.264. The maximum absolute atomic E-state index is 13.2. The number of nitrogens with zero attached hydrogens (tertiary/aromatic N) is 2. The molecular weight excluding hydrogens is 432 g/mol. The Morgan fingerprint density at radius 2 is 1.94 bits per heavy atom. The van der Waals surface area contributed by atoms with Crippen LogP contribution in [0, 0.1) is 0 Å². The highest BCUT2D eigenvalue weighted by Crippen LogP contribution is 2.40. The van der Waals surface area contributed by atoms with E-state index in [1.165, 1.54) is 4.90 Å². The number of hydrogen-bond donors (Lipinski definition) is 1. The number of hydrogen-bond acceptors (Lipinski definition) is 6. The summed E-state index contributed by atoms with van der Waals surface area (Å²) in [6, 6.07) is 8.12. The number of ketones is 1. The number of benzene rings is 1. The van der Waals surface area contributed by atoms with Crippen molar-refractivity contribution in [2.24, 2.45) is 0 Å². The highest BCUT2D eigenvalue weighted by Gasteiger charge is 2.46. The number of likely N-dealkylation sites (tertiary alicyclic amines) is 1. The minimum absolute atomic E-state index is 0.0628. The number of pyridine rings is 1. The second kappa shape index (κ2) is 10.4. The summed E-state index contributed by atoms with van der Waals surface area (Å²) in [7, 11) is 1.60. The minimum atomic E-state index is -0.729. The number of methoxy groups -OCH3 is 1. The van der Waals surface area contributed by atoms with E-state index >= 15 is 0 Å². The zero-order valence-corrected chi connectivity index (χ0v) is 20.8. The molecule has 1 saturated heterocycles. The molecule has 7 heteroatoms. The summed E-state index contributed by atoms with van der Waals surface area (Å²) in [5.41, 5.74) is 1.82. The summed E-state index contributed by atoms with van der Waals surface area (Å²) < 4.78 is 11.1. The van der Waals surface area contributed by atoms with Crippen molar-refractivity contribution in [3.63, 3.8) is 0 Å². The van der Waals surface area contributed by atoms with E-state index in [9.17, 15) is 14.7 Å². The Morgan fingerprint density at radius 1 is 1.21 bits per heavy atom. The van der Waals surface area contributed by atoms with Gasteiger partial charge in [-0.25, -0.2) is 0 Å². The number of aliphatic hydroxyl groups is 1. The summed E-state index contributed by atoms with van der Waals surface area (Å²) in [5.74, 6) is -0.853. The lowest BCUT2D eigenvalue weighted by molar-refractivity contribution is -0.140. The smallest absolute Gasteiger partial charge is 0.295 e. The molecule has 34 heavy (non-hydrogen) atoms. The molecular formula is C27H34N2O5. The van der Waals surface area contributed by atoms with Gasteiger partial charge in [0.2, 0.25) is 0 Å². The maximum atomic E-state index is 13.2. The molecule has 1 amide bonds. The number of Topliss-reactive ketones (excluding diaryl/α,β-unsaturated/α-hetero) is 1. The highest BCUT2D eigenvalue weighted by atomic mass is 16.5. The van der Waals surface area contributed by atoms with Crippen LogP contribution in [-0.4, -0.2) is 53.0 Å². The molecule has 2 aromatic rings. The first kappa shape index (κ1) is 25.4. The Hall–Kier alpha value is -3.19. The van der Waals surface area contributed by atoms with Gasteiger partial charge in [0.15, 0.2) is 0 Å². The molecule has 2 heterocycles. The van der Waals surface area contributed by atoms with Gasteiger partial charge in [-0.3, -0.25) is 14.6 Å². The average molecular weight is 467 g/mol. The Bertz CT molecular complexity index is 1070. The molecule has 0 radical (unpaired) electrons. The summed E-state index contributed by atoms with van der Waals surface area (Å²) >= 11 is 0. The molecule has 1 aromatic heterocycles. The van der Waals surface area contributed by atoms with Crippen molar-refractivity contribution >= 4 is 17.4 Å². The van der Waals surface area contributed by atoms with Gasteiger partial charge < -0.3 is 19.5 Å². The van der Waals surface area contributed by atoms with Gasteiger partial charge in [-0.2, -0.15) is 0 Å². The van der Waals surface area contributed by atoms with Crippen molar-refractivity contribution < 1.29 is 24.2 Å². The molecule has 1 fully saturated rings. The number of ether oxygens (including phenoxy) is 2. The molecule has 1 aliphatic heterocycles. The molecule has 0 saturated carbocycles. The Kier molecular flexibility index (Phi) is 7.77. The van der Waals surface area contributed by atoms with Crippen LogP contribution in [0.25, 0.3) is 5.76 Å². The molecule has 1 atom stereocenters.